The van der Waals surface area contributed by atoms with Crippen LogP contribution in [0.2, 0.25) is 10.0 Å². The average Bonchev–Trinajstić information content (AvgIpc) is 2.45. The second-order valence-electron chi connectivity index (χ2n) is 4.17. The van der Waals surface area contributed by atoms with Gasteiger partial charge in [0.2, 0.25) is 0 Å². The summed E-state index contributed by atoms with van der Waals surface area (Å²) < 4.78 is 19.3. The monoisotopic (exact) mass is 323 g/mol. The topological polar surface area (TPSA) is 35.2 Å². The molecule has 0 heterocycles. The highest BCUT2D eigenvalue weighted by Gasteiger charge is 2.05. The van der Waals surface area contributed by atoms with Crippen molar-refractivity contribution in [2.45, 2.75) is 6.61 Å². The SMILES string of the molecule is NCC#Cc1ccc(OCc2ccc(Cl)cc2Cl)cc1F. The van der Waals surface area contributed by atoms with Crippen LogP contribution in [-0.4, -0.2) is 6.54 Å². The molecule has 0 saturated heterocycles. The van der Waals surface area contributed by atoms with E-state index in [0.29, 0.717) is 15.8 Å². The summed E-state index contributed by atoms with van der Waals surface area (Å²) in [5.74, 6) is 5.20. The molecule has 0 spiro atoms. The number of benzene rings is 2. The van der Waals surface area contributed by atoms with E-state index < -0.39 is 5.82 Å². The molecule has 5 heteroatoms. The molecular weight excluding hydrogens is 312 g/mol. The van der Waals surface area contributed by atoms with Crippen molar-refractivity contribution in [3.05, 3.63) is 63.4 Å². The predicted octanol–water partition coefficient (Wildman–Crippen LogP) is 4.02. The van der Waals surface area contributed by atoms with Crippen molar-refractivity contribution >= 4 is 23.2 Å². The zero-order valence-electron chi connectivity index (χ0n) is 11.0. The molecule has 0 atom stereocenters. The molecule has 0 fully saturated rings. The minimum absolute atomic E-state index is 0.187. The standard InChI is InChI=1S/C16H12Cl2FNO/c17-13-5-3-12(15(18)8-13)10-21-14-6-4-11(2-1-7-20)16(19)9-14/h3-6,8-9H,7,10,20H2. The van der Waals surface area contributed by atoms with Crippen LogP contribution in [-0.2, 0) is 6.61 Å². The van der Waals surface area contributed by atoms with Gasteiger partial charge in [0.15, 0.2) is 0 Å². The molecule has 0 aliphatic heterocycles. The number of nitrogens with two attached hydrogens (primary N) is 1. The maximum atomic E-state index is 13.8. The number of ether oxygens (including phenoxy) is 1. The summed E-state index contributed by atoms with van der Waals surface area (Å²) >= 11 is 11.9. The van der Waals surface area contributed by atoms with Gasteiger partial charge in [0.05, 0.1) is 12.1 Å². The third kappa shape index (κ3) is 4.37. The van der Waals surface area contributed by atoms with Gasteiger partial charge in [-0.2, -0.15) is 0 Å². The minimum atomic E-state index is -0.448. The summed E-state index contributed by atoms with van der Waals surface area (Å²) in [6.45, 7) is 0.413. The molecule has 2 nitrogen and oxygen atoms in total. The Bertz CT molecular complexity index is 707. The van der Waals surface area contributed by atoms with E-state index in [9.17, 15) is 4.39 Å². The van der Waals surface area contributed by atoms with Crippen molar-refractivity contribution in [3.8, 4) is 17.6 Å². The number of hydrogen-bond acceptors (Lipinski definition) is 2. The third-order valence-electron chi connectivity index (χ3n) is 2.68. The van der Waals surface area contributed by atoms with Crippen LogP contribution >= 0.6 is 23.2 Å². The number of halogens is 3. The van der Waals surface area contributed by atoms with Gasteiger partial charge in [-0.05, 0) is 24.3 Å². The Hall–Kier alpha value is -1.73. The van der Waals surface area contributed by atoms with Gasteiger partial charge in [-0.25, -0.2) is 4.39 Å². The van der Waals surface area contributed by atoms with E-state index in [1.807, 2.05) is 0 Å². The van der Waals surface area contributed by atoms with Crippen LogP contribution in [0.15, 0.2) is 36.4 Å². The lowest BCUT2D eigenvalue weighted by Gasteiger charge is -2.08. The van der Waals surface area contributed by atoms with Gasteiger partial charge in [-0.15, -0.1) is 0 Å². The first kappa shape index (κ1) is 15.7. The number of hydrogen-bond donors (Lipinski definition) is 1. The molecule has 0 unspecified atom stereocenters. The Morgan fingerprint density at radius 1 is 1.14 bits per heavy atom. The predicted molar refractivity (Wildman–Crippen MR) is 83.1 cm³/mol. The van der Waals surface area contributed by atoms with Gasteiger partial charge < -0.3 is 10.5 Å². The molecule has 108 valence electrons. The first-order valence-corrected chi connectivity index (χ1v) is 6.91. The maximum absolute atomic E-state index is 13.8. The Kier molecular flexibility index (Phi) is 5.46. The van der Waals surface area contributed by atoms with E-state index in [1.165, 1.54) is 6.07 Å². The Balaban J connectivity index is 2.08. The van der Waals surface area contributed by atoms with Crippen molar-refractivity contribution in [3.63, 3.8) is 0 Å². The Morgan fingerprint density at radius 2 is 1.95 bits per heavy atom. The van der Waals surface area contributed by atoms with Crippen molar-refractivity contribution in [1.82, 2.24) is 0 Å². The molecule has 2 rings (SSSR count). The van der Waals surface area contributed by atoms with Crippen molar-refractivity contribution < 1.29 is 9.13 Å². The Labute approximate surface area is 132 Å². The highest BCUT2D eigenvalue weighted by molar-refractivity contribution is 6.35. The van der Waals surface area contributed by atoms with Crippen molar-refractivity contribution in [2.24, 2.45) is 5.73 Å². The zero-order chi connectivity index (χ0) is 15.2. The van der Waals surface area contributed by atoms with Gasteiger partial charge in [0.1, 0.15) is 18.2 Å². The van der Waals surface area contributed by atoms with Crippen LogP contribution in [0.1, 0.15) is 11.1 Å². The largest absolute Gasteiger partial charge is 0.489 e. The molecule has 0 aromatic heterocycles. The summed E-state index contributed by atoms with van der Waals surface area (Å²) in [5, 5.41) is 1.06. The molecule has 0 bridgehead atoms. The van der Waals surface area contributed by atoms with Gasteiger partial charge >= 0.3 is 0 Å². The molecule has 2 N–H and O–H groups in total. The summed E-state index contributed by atoms with van der Waals surface area (Å²) in [5.41, 5.74) is 6.31. The highest BCUT2D eigenvalue weighted by atomic mass is 35.5. The van der Waals surface area contributed by atoms with Crippen molar-refractivity contribution in [1.29, 1.82) is 0 Å². The van der Waals surface area contributed by atoms with E-state index in [2.05, 4.69) is 11.8 Å². The fraction of sp³-hybridized carbons (Fsp3) is 0.125. The average molecular weight is 324 g/mol. The van der Waals surface area contributed by atoms with Gasteiger partial charge in [0.25, 0.3) is 0 Å². The van der Waals surface area contributed by atoms with E-state index in [-0.39, 0.29) is 18.7 Å². The van der Waals surface area contributed by atoms with Gasteiger partial charge in [0, 0.05) is 21.7 Å². The second-order valence-corrected chi connectivity index (χ2v) is 5.02. The molecule has 21 heavy (non-hydrogen) atoms. The maximum Gasteiger partial charge on any atom is 0.142 e. The molecular formula is C16H12Cl2FNO. The molecule has 0 aliphatic rings. The Morgan fingerprint density at radius 3 is 2.62 bits per heavy atom. The molecule has 0 radical (unpaired) electrons. The van der Waals surface area contributed by atoms with Gasteiger partial charge in [-0.3, -0.25) is 0 Å². The summed E-state index contributed by atoms with van der Waals surface area (Å²) in [6, 6.07) is 9.60. The van der Waals surface area contributed by atoms with E-state index in [4.69, 9.17) is 33.7 Å². The highest BCUT2D eigenvalue weighted by Crippen LogP contribution is 2.23. The third-order valence-corrected chi connectivity index (χ3v) is 3.26. The smallest absolute Gasteiger partial charge is 0.142 e. The van der Waals surface area contributed by atoms with Crippen molar-refractivity contribution in [2.75, 3.05) is 6.54 Å². The van der Waals surface area contributed by atoms with E-state index >= 15 is 0 Å². The lowest BCUT2D eigenvalue weighted by Crippen LogP contribution is -1.97. The quantitative estimate of drug-likeness (QED) is 0.866. The summed E-state index contributed by atoms with van der Waals surface area (Å²) in [4.78, 5) is 0. The first-order valence-electron chi connectivity index (χ1n) is 6.15. The second kappa shape index (κ2) is 7.33. The molecule has 2 aromatic rings. The lowest BCUT2D eigenvalue weighted by molar-refractivity contribution is 0.304. The normalized spacial score (nSPS) is 9.90. The van der Waals surface area contributed by atoms with Crippen LogP contribution in [0.3, 0.4) is 0 Å². The number of rotatable bonds is 3. The molecule has 0 amide bonds. The molecule has 0 aliphatic carbocycles. The minimum Gasteiger partial charge on any atom is -0.489 e. The van der Waals surface area contributed by atoms with E-state index in [1.54, 1.807) is 30.3 Å². The molecule has 2 aromatic carbocycles. The summed E-state index contributed by atoms with van der Waals surface area (Å²) in [6.07, 6.45) is 0. The zero-order valence-corrected chi connectivity index (χ0v) is 12.5. The van der Waals surface area contributed by atoms with Crippen LogP contribution in [0.4, 0.5) is 4.39 Å². The molecule has 0 saturated carbocycles. The fourth-order valence-corrected chi connectivity index (χ4v) is 2.10. The van der Waals surface area contributed by atoms with E-state index in [0.717, 1.165) is 5.56 Å². The fourth-order valence-electron chi connectivity index (χ4n) is 1.63. The van der Waals surface area contributed by atoms with Crippen LogP contribution in [0.25, 0.3) is 0 Å². The summed E-state index contributed by atoms with van der Waals surface area (Å²) in [7, 11) is 0. The van der Waals surface area contributed by atoms with Crippen LogP contribution in [0.5, 0.6) is 5.75 Å². The van der Waals surface area contributed by atoms with Crippen LogP contribution < -0.4 is 10.5 Å². The lowest BCUT2D eigenvalue weighted by atomic mass is 10.2. The van der Waals surface area contributed by atoms with Gasteiger partial charge in [-0.1, -0.05) is 41.1 Å². The van der Waals surface area contributed by atoms with Crippen LogP contribution in [0, 0.1) is 17.7 Å². The first-order chi connectivity index (χ1) is 10.1.